The van der Waals surface area contributed by atoms with Gasteiger partial charge in [-0.15, -0.1) is 0 Å². The summed E-state index contributed by atoms with van der Waals surface area (Å²) in [6.45, 7) is 2.13. The smallest absolute Gasteiger partial charge is 0.228 e. The van der Waals surface area contributed by atoms with Crippen LogP contribution in [0.25, 0.3) is 0 Å². The summed E-state index contributed by atoms with van der Waals surface area (Å²) in [6.07, 6.45) is 8.23. The maximum atomic E-state index is 5.77. The second kappa shape index (κ2) is 4.68. The number of nitrogens with two attached hydrogens (primary N) is 1. The van der Waals surface area contributed by atoms with Crippen LogP contribution in [-0.4, -0.2) is 23.1 Å². The number of anilines is 2. The summed E-state index contributed by atoms with van der Waals surface area (Å²) >= 11 is 3.38. The topological polar surface area (TPSA) is 55.0 Å². The summed E-state index contributed by atoms with van der Waals surface area (Å²) in [5, 5.41) is 0. The van der Waals surface area contributed by atoms with E-state index in [1.165, 1.54) is 38.5 Å². The minimum Gasteiger partial charge on any atom is -0.383 e. The van der Waals surface area contributed by atoms with E-state index in [4.69, 9.17) is 5.73 Å². The lowest BCUT2D eigenvalue weighted by Gasteiger charge is -2.39. The van der Waals surface area contributed by atoms with Gasteiger partial charge < -0.3 is 10.6 Å². The van der Waals surface area contributed by atoms with Crippen LogP contribution in [0, 0.1) is 5.41 Å². The molecule has 1 aliphatic heterocycles. The molecule has 2 N–H and O–H groups in total. The third-order valence-corrected chi connectivity index (χ3v) is 4.88. The fourth-order valence-electron chi connectivity index (χ4n) is 3.37. The summed E-state index contributed by atoms with van der Waals surface area (Å²) in [5.74, 6) is 1.31. The molecule has 2 aliphatic rings. The SMILES string of the molecule is Nc1cc(Br)nc(N2CCC3(CCCC3)CC2)n1. The van der Waals surface area contributed by atoms with Crippen molar-refractivity contribution < 1.29 is 0 Å². The Kier molecular flexibility index (Phi) is 3.18. The minimum atomic E-state index is 0.535. The van der Waals surface area contributed by atoms with Crippen molar-refractivity contribution in [1.82, 2.24) is 9.97 Å². The van der Waals surface area contributed by atoms with E-state index in [0.717, 1.165) is 23.6 Å². The highest BCUT2D eigenvalue weighted by atomic mass is 79.9. The number of rotatable bonds is 1. The van der Waals surface area contributed by atoms with Crippen molar-refractivity contribution >= 4 is 27.7 Å². The second-order valence-electron chi connectivity index (χ2n) is 5.61. The molecule has 4 nitrogen and oxygen atoms in total. The van der Waals surface area contributed by atoms with Gasteiger partial charge in [0.15, 0.2) is 0 Å². The van der Waals surface area contributed by atoms with Crippen molar-refractivity contribution in [3.8, 4) is 0 Å². The first-order valence-electron chi connectivity index (χ1n) is 6.72. The van der Waals surface area contributed by atoms with Gasteiger partial charge in [0.25, 0.3) is 0 Å². The predicted molar refractivity (Wildman–Crippen MR) is 76.5 cm³/mol. The van der Waals surface area contributed by atoms with Crippen LogP contribution >= 0.6 is 15.9 Å². The number of aromatic nitrogens is 2. The van der Waals surface area contributed by atoms with E-state index in [-0.39, 0.29) is 0 Å². The Balaban J connectivity index is 1.72. The third-order valence-electron chi connectivity index (χ3n) is 4.47. The first-order valence-corrected chi connectivity index (χ1v) is 7.51. The highest BCUT2D eigenvalue weighted by Crippen LogP contribution is 2.46. The van der Waals surface area contributed by atoms with E-state index in [1.54, 1.807) is 6.07 Å². The van der Waals surface area contributed by atoms with Crippen LogP contribution in [-0.2, 0) is 0 Å². The van der Waals surface area contributed by atoms with Crippen molar-refractivity contribution in [2.75, 3.05) is 23.7 Å². The Morgan fingerprint density at radius 2 is 1.78 bits per heavy atom. The molecule has 98 valence electrons. The molecule has 1 aliphatic carbocycles. The van der Waals surface area contributed by atoms with E-state index in [0.29, 0.717) is 11.2 Å². The highest BCUT2D eigenvalue weighted by molar-refractivity contribution is 9.10. The number of nitrogen functional groups attached to an aromatic ring is 1. The van der Waals surface area contributed by atoms with Gasteiger partial charge in [0.1, 0.15) is 10.4 Å². The molecule has 2 heterocycles. The third kappa shape index (κ3) is 2.32. The number of hydrogen-bond donors (Lipinski definition) is 1. The number of piperidine rings is 1. The van der Waals surface area contributed by atoms with Crippen LogP contribution in [0.5, 0.6) is 0 Å². The molecular weight excluding hydrogens is 292 g/mol. The molecular formula is C13H19BrN4. The van der Waals surface area contributed by atoms with Crippen molar-refractivity contribution in [3.63, 3.8) is 0 Å². The number of nitrogens with zero attached hydrogens (tertiary/aromatic N) is 3. The van der Waals surface area contributed by atoms with Crippen molar-refractivity contribution in [3.05, 3.63) is 10.7 Å². The summed E-state index contributed by atoms with van der Waals surface area (Å²) in [4.78, 5) is 11.0. The average Bonchev–Trinajstić information content (AvgIpc) is 2.77. The maximum Gasteiger partial charge on any atom is 0.228 e. The standard InChI is InChI=1S/C13H19BrN4/c14-10-9-11(15)17-12(16-10)18-7-5-13(6-8-18)3-1-2-4-13/h9H,1-8H2,(H2,15,16,17). The zero-order valence-electron chi connectivity index (χ0n) is 10.5. The van der Waals surface area contributed by atoms with Crippen LogP contribution < -0.4 is 10.6 Å². The van der Waals surface area contributed by atoms with Gasteiger partial charge in [0.05, 0.1) is 0 Å². The van der Waals surface area contributed by atoms with E-state index in [1.807, 2.05) is 0 Å². The normalized spacial score (nSPS) is 22.6. The van der Waals surface area contributed by atoms with Crippen LogP contribution in [0.3, 0.4) is 0 Å². The predicted octanol–water partition coefficient (Wildman–Crippen LogP) is 2.98. The molecule has 0 bridgehead atoms. The summed E-state index contributed by atoms with van der Waals surface area (Å²) < 4.78 is 0.770. The van der Waals surface area contributed by atoms with Gasteiger partial charge in [-0.05, 0) is 47.0 Å². The van der Waals surface area contributed by atoms with E-state index in [9.17, 15) is 0 Å². The highest BCUT2D eigenvalue weighted by Gasteiger charge is 2.37. The van der Waals surface area contributed by atoms with Gasteiger partial charge in [-0.1, -0.05) is 12.8 Å². The molecule has 0 unspecified atom stereocenters. The lowest BCUT2D eigenvalue weighted by Crippen LogP contribution is -2.39. The molecule has 0 atom stereocenters. The Hall–Kier alpha value is -0.840. The van der Waals surface area contributed by atoms with Crippen LogP contribution in [0.1, 0.15) is 38.5 Å². The zero-order chi connectivity index (χ0) is 12.6. The molecule has 0 aromatic carbocycles. The number of hydrogen-bond acceptors (Lipinski definition) is 4. The fourth-order valence-corrected chi connectivity index (χ4v) is 3.76. The molecule has 18 heavy (non-hydrogen) atoms. The monoisotopic (exact) mass is 310 g/mol. The van der Waals surface area contributed by atoms with E-state index >= 15 is 0 Å². The summed E-state index contributed by atoms with van der Waals surface area (Å²) in [5.41, 5.74) is 6.41. The van der Waals surface area contributed by atoms with Crippen molar-refractivity contribution in [1.29, 1.82) is 0 Å². The van der Waals surface area contributed by atoms with Gasteiger partial charge >= 0.3 is 0 Å². The minimum absolute atomic E-state index is 0.535. The van der Waals surface area contributed by atoms with Gasteiger partial charge in [0, 0.05) is 19.2 Å². The Bertz CT molecular complexity index is 412. The van der Waals surface area contributed by atoms with Crippen molar-refractivity contribution in [2.45, 2.75) is 38.5 Å². The van der Waals surface area contributed by atoms with Crippen LogP contribution in [0.15, 0.2) is 10.7 Å². The first kappa shape index (κ1) is 12.2. The molecule has 0 radical (unpaired) electrons. The quantitative estimate of drug-likeness (QED) is 0.810. The first-order chi connectivity index (χ1) is 8.67. The summed E-state index contributed by atoms with van der Waals surface area (Å²) in [7, 11) is 0. The Morgan fingerprint density at radius 3 is 2.39 bits per heavy atom. The molecule has 5 heteroatoms. The fraction of sp³-hybridized carbons (Fsp3) is 0.692. The molecule has 1 aromatic rings. The largest absolute Gasteiger partial charge is 0.383 e. The van der Waals surface area contributed by atoms with Gasteiger partial charge in [-0.3, -0.25) is 0 Å². The molecule has 1 saturated heterocycles. The molecule has 3 rings (SSSR count). The molecule has 1 aromatic heterocycles. The van der Waals surface area contributed by atoms with E-state index < -0.39 is 0 Å². The van der Waals surface area contributed by atoms with Gasteiger partial charge in [-0.25, -0.2) is 4.98 Å². The maximum absolute atomic E-state index is 5.77. The molecule has 1 saturated carbocycles. The lowest BCUT2D eigenvalue weighted by molar-refractivity contribution is 0.225. The van der Waals surface area contributed by atoms with Gasteiger partial charge in [-0.2, -0.15) is 4.98 Å². The number of halogens is 1. The van der Waals surface area contributed by atoms with Gasteiger partial charge in [0.2, 0.25) is 5.95 Å². The average molecular weight is 311 g/mol. The van der Waals surface area contributed by atoms with Crippen molar-refractivity contribution in [2.24, 2.45) is 5.41 Å². The second-order valence-corrected chi connectivity index (χ2v) is 6.42. The molecule has 1 spiro atoms. The lowest BCUT2D eigenvalue weighted by atomic mass is 9.77. The Labute approximate surface area is 116 Å². The van der Waals surface area contributed by atoms with E-state index in [2.05, 4.69) is 30.8 Å². The molecule has 0 amide bonds. The zero-order valence-corrected chi connectivity index (χ0v) is 12.1. The summed E-state index contributed by atoms with van der Waals surface area (Å²) in [6, 6.07) is 1.74. The molecule has 2 fully saturated rings. The Morgan fingerprint density at radius 1 is 1.11 bits per heavy atom. The van der Waals surface area contributed by atoms with Crippen LogP contribution in [0.2, 0.25) is 0 Å². The van der Waals surface area contributed by atoms with Crippen LogP contribution in [0.4, 0.5) is 11.8 Å².